The minimum absolute atomic E-state index is 0.0330. The van der Waals surface area contributed by atoms with Crippen LogP contribution in [0.5, 0.6) is 11.5 Å². The summed E-state index contributed by atoms with van der Waals surface area (Å²) in [5.41, 5.74) is 2.95. The molecule has 8 nitrogen and oxygen atoms in total. The van der Waals surface area contributed by atoms with Gasteiger partial charge < -0.3 is 29.1 Å². The van der Waals surface area contributed by atoms with Crippen molar-refractivity contribution in [1.82, 2.24) is 4.90 Å². The summed E-state index contributed by atoms with van der Waals surface area (Å²) in [7, 11) is 3.48. The molecular weight excluding hydrogens is 484 g/mol. The van der Waals surface area contributed by atoms with E-state index in [1.807, 2.05) is 60.5 Å². The molecule has 3 aromatic rings. The number of benzene rings is 3. The summed E-state index contributed by atoms with van der Waals surface area (Å²) in [6, 6.07) is 21.5. The molecule has 1 fully saturated rings. The standard InChI is InChI=1S/C30H30N2O6/c1-31-13-16-37-25-12-11-22(18-24(25)31)28(33)26-27(32(14-15-36-2)30(35)29(26)34)21-9-6-10-23(17-21)38-19-20-7-4-3-5-8-20/h3-12,17-18,27,33H,13-16,19H2,1-2H3/b28-26-. The highest BCUT2D eigenvalue weighted by atomic mass is 16.5. The van der Waals surface area contributed by atoms with Gasteiger partial charge in [-0.05, 0) is 41.5 Å². The minimum Gasteiger partial charge on any atom is -0.507 e. The Morgan fingerprint density at radius 1 is 1.05 bits per heavy atom. The zero-order valence-electron chi connectivity index (χ0n) is 21.4. The van der Waals surface area contributed by atoms with E-state index in [9.17, 15) is 14.7 Å². The Labute approximate surface area is 221 Å². The van der Waals surface area contributed by atoms with Gasteiger partial charge >= 0.3 is 0 Å². The van der Waals surface area contributed by atoms with Gasteiger partial charge in [0, 0.05) is 26.3 Å². The topological polar surface area (TPSA) is 88.5 Å². The summed E-state index contributed by atoms with van der Waals surface area (Å²) >= 11 is 0. The average Bonchev–Trinajstić information content (AvgIpc) is 3.20. The molecule has 1 atom stereocenters. The van der Waals surface area contributed by atoms with Crippen molar-refractivity contribution >= 4 is 23.1 Å². The minimum atomic E-state index is -0.796. The molecule has 38 heavy (non-hydrogen) atoms. The van der Waals surface area contributed by atoms with E-state index in [2.05, 4.69) is 0 Å². The molecule has 196 valence electrons. The second kappa shape index (κ2) is 11.0. The monoisotopic (exact) mass is 514 g/mol. The van der Waals surface area contributed by atoms with Crippen molar-refractivity contribution in [3.63, 3.8) is 0 Å². The second-order valence-electron chi connectivity index (χ2n) is 9.28. The molecule has 0 saturated carbocycles. The van der Waals surface area contributed by atoms with Crippen LogP contribution in [0.2, 0.25) is 0 Å². The van der Waals surface area contributed by atoms with Gasteiger partial charge in [0.2, 0.25) is 0 Å². The van der Waals surface area contributed by atoms with E-state index in [1.165, 1.54) is 12.0 Å². The van der Waals surface area contributed by atoms with Crippen molar-refractivity contribution in [3.8, 4) is 11.5 Å². The first-order valence-electron chi connectivity index (χ1n) is 12.5. The van der Waals surface area contributed by atoms with Gasteiger partial charge in [-0.2, -0.15) is 0 Å². The summed E-state index contributed by atoms with van der Waals surface area (Å²) in [5, 5.41) is 11.5. The molecule has 1 unspecified atom stereocenters. The van der Waals surface area contributed by atoms with Crippen molar-refractivity contribution in [2.45, 2.75) is 12.6 Å². The number of carbonyl (C=O) groups is 2. The highest BCUT2D eigenvalue weighted by Crippen LogP contribution is 2.41. The number of hydrogen-bond acceptors (Lipinski definition) is 7. The molecule has 8 heteroatoms. The van der Waals surface area contributed by atoms with E-state index >= 15 is 0 Å². The van der Waals surface area contributed by atoms with Crippen molar-refractivity contribution < 1.29 is 28.9 Å². The van der Waals surface area contributed by atoms with Gasteiger partial charge in [0.15, 0.2) is 0 Å². The predicted molar refractivity (Wildman–Crippen MR) is 143 cm³/mol. The molecule has 0 bridgehead atoms. The zero-order chi connectivity index (χ0) is 26.6. The highest BCUT2D eigenvalue weighted by Gasteiger charge is 2.46. The number of aliphatic hydroxyl groups excluding tert-OH is 1. The second-order valence-corrected chi connectivity index (χ2v) is 9.28. The molecule has 5 rings (SSSR count). The summed E-state index contributed by atoms with van der Waals surface area (Å²) in [6.45, 7) is 2.09. The Balaban J connectivity index is 1.54. The number of carbonyl (C=O) groups excluding carboxylic acids is 2. The fourth-order valence-corrected chi connectivity index (χ4v) is 4.82. The van der Waals surface area contributed by atoms with Crippen LogP contribution in [0.3, 0.4) is 0 Å². The van der Waals surface area contributed by atoms with E-state index in [1.54, 1.807) is 24.3 Å². The Morgan fingerprint density at radius 3 is 2.66 bits per heavy atom. The van der Waals surface area contributed by atoms with E-state index in [-0.39, 0.29) is 24.5 Å². The zero-order valence-corrected chi connectivity index (χ0v) is 21.4. The van der Waals surface area contributed by atoms with Crippen LogP contribution in [0.4, 0.5) is 5.69 Å². The molecule has 3 aromatic carbocycles. The lowest BCUT2D eigenvalue weighted by molar-refractivity contribution is -0.140. The Kier molecular flexibility index (Phi) is 7.33. The van der Waals surface area contributed by atoms with Crippen LogP contribution in [-0.2, 0) is 20.9 Å². The number of likely N-dealkylation sites (N-methyl/N-ethyl adjacent to an activating group) is 1. The molecule has 0 spiro atoms. The van der Waals surface area contributed by atoms with Gasteiger partial charge in [-0.3, -0.25) is 9.59 Å². The molecule has 1 amide bonds. The average molecular weight is 515 g/mol. The van der Waals surface area contributed by atoms with Gasteiger partial charge in [0.05, 0.1) is 30.5 Å². The highest BCUT2D eigenvalue weighted by molar-refractivity contribution is 6.46. The molecule has 2 heterocycles. The number of ketones is 1. The summed E-state index contributed by atoms with van der Waals surface area (Å²) in [5.74, 6) is -0.346. The molecule has 2 aliphatic heterocycles. The third-order valence-electron chi connectivity index (χ3n) is 6.83. The summed E-state index contributed by atoms with van der Waals surface area (Å²) in [6.07, 6.45) is 0. The van der Waals surface area contributed by atoms with E-state index < -0.39 is 17.7 Å². The Hall–Kier alpha value is -4.30. The summed E-state index contributed by atoms with van der Waals surface area (Å²) in [4.78, 5) is 29.9. The van der Waals surface area contributed by atoms with Crippen LogP contribution in [0.25, 0.3) is 5.76 Å². The molecule has 1 saturated heterocycles. The number of fused-ring (bicyclic) bond motifs is 1. The number of rotatable bonds is 8. The first-order chi connectivity index (χ1) is 18.5. The quantitative estimate of drug-likeness (QED) is 0.274. The maximum absolute atomic E-state index is 13.3. The van der Waals surface area contributed by atoms with Gasteiger partial charge in [-0.25, -0.2) is 0 Å². The van der Waals surface area contributed by atoms with Gasteiger partial charge in [-0.1, -0.05) is 42.5 Å². The van der Waals surface area contributed by atoms with E-state index in [0.29, 0.717) is 42.4 Å². The fourth-order valence-electron chi connectivity index (χ4n) is 4.82. The lowest BCUT2D eigenvalue weighted by atomic mass is 9.95. The normalized spacial score (nSPS) is 18.3. The molecular formula is C30H30N2O6. The maximum atomic E-state index is 13.3. The molecule has 2 aliphatic rings. The van der Waals surface area contributed by atoms with E-state index in [0.717, 1.165) is 11.3 Å². The predicted octanol–water partition coefficient (Wildman–Crippen LogP) is 4.16. The smallest absolute Gasteiger partial charge is 0.295 e. The van der Waals surface area contributed by atoms with E-state index in [4.69, 9.17) is 14.2 Å². The van der Waals surface area contributed by atoms with Crippen molar-refractivity contribution in [2.75, 3.05) is 45.4 Å². The third-order valence-corrected chi connectivity index (χ3v) is 6.83. The van der Waals surface area contributed by atoms with Crippen LogP contribution in [0.1, 0.15) is 22.7 Å². The number of Topliss-reactive ketones (excluding diaryl/α,β-unsaturated/α-hetero) is 1. The number of hydrogen-bond donors (Lipinski definition) is 1. The van der Waals surface area contributed by atoms with Crippen LogP contribution < -0.4 is 14.4 Å². The lowest BCUT2D eigenvalue weighted by Gasteiger charge is -2.28. The maximum Gasteiger partial charge on any atom is 0.295 e. The number of amides is 1. The van der Waals surface area contributed by atoms with Crippen molar-refractivity contribution in [3.05, 3.63) is 95.1 Å². The van der Waals surface area contributed by atoms with Crippen LogP contribution in [0, 0.1) is 0 Å². The molecule has 0 radical (unpaired) electrons. The fraction of sp³-hybridized carbons (Fsp3) is 0.267. The van der Waals surface area contributed by atoms with Crippen molar-refractivity contribution in [1.29, 1.82) is 0 Å². The third kappa shape index (κ3) is 4.95. The number of anilines is 1. The largest absolute Gasteiger partial charge is 0.507 e. The van der Waals surface area contributed by atoms with Crippen LogP contribution in [0.15, 0.2) is 78.4 Å². The molecule has 0 aromatic heterocycles. The first kappa shape index (κ1) is 25.4. The van der Waals surface area contributed by atoms with Crippen molar-refractivity contribution in [2.24, 2.45) is 0 Å². The van der Waals surface area contributed by atoms with Crippen LogP contribution in [-0.4, -0.2) is 62.2 Å². The Bertz CT molecular complexity index is 1370. The number of aliphatic hydroxyl groups is 1. The Morgan fingerprint density at radius 2 is 1.87 bits per heavy atom. The number of nitrogens with zero attached hydrogens (tertiary/aromatic N) is 2. The molecule has 0 aliphatic carbocycles. The number of ether oxygens (including phenoxy) is 3. The SMILES string of the molecule is COCCN1C(=O)C(=O)/C(=C(\O)c2ccc3c(c2)N(C)CCO3)C1c1cccc(OCc2ccccc2)c1. The number of methoxy groups -OCH3 is 1. The van der Waals surface area contributed by atoms with Gasteiger partial charge in [-0.15, -0.1) is 0 Å². The van der Waals surface area contributed by atoms with Gasteiger partial charge in [0.1, 0.15) is 30.5 Å². The van der Waals surface area contributed by atoms with Crippen LogP contribution >= 0.6 is 0 Å². The first-order valence-corrected chi connectivity index (χ1v) is 12.5. The molecule has 1 N–H and O–H groups in total. The lowest BCUT2D eigenvalue weighted by Crippen LogP contribution is -2.32. The summed E-state index contributed by atoms with van der Waals surface area (Å²) < 4.78 is 16.9. The van der Waals surface area contributed by atoms with Gasteiger partial charge in [0.25, 0.3) is 11.7 Å². The number of likely N-dealkylation sites (tertiary alicyclic amines) is 1.